The fraction of sp³-hybridized carbons (Fsp3) is 1.00. The second kappa shape index (κ2) is 2.48. The Labute approximate surface area is 69.1 Å². The van der Waals surface area contributed by atoms with Crippen molar-refractivity contribution in [1.29, 1.82) is 0 Å². The first-order chi connectivity index (χ1) is 5.26. The van der Waals surface area contributed by atoms with E-state index in [1.165, 1.54) is 25.7 Å². The van der Waals surface area contributed by atoms with E-state index in [0.717, 1.165) is 12.5 Å². The van der Waals surface area contributed by atoms with E-state index < -0.39 is 0 Å². The van der Waals surface area contributed by atoms with Gasteiger partial charge in [-0.2, -0.15) is 0 Å². The highest BCUT2D eigenvalue weighted by molar-refractivity contribution is 4.98. The van der Waals surface area contributed by atoms with Crippen LogP contribution in [-0.2, 0) is 4.74 Å². The highest BCUT2D eigenvalue weighted by Gasteiger charge is 2.48. The van der Waals surface area contributed by atoms with Crippen LogP contribution in [-0.4, -0.2) is 12.7 Å². The van der Waals surface area contributed by atoms with E-state index in [-0.39, 0.29) is 0 Å². The van der Waals surface area contributed by atoms with Crippen LogP contribution in [0.1, 0.15) is 39.5 Å². The third-order valence-electron chi connectivity index (χ3n) is 3.79. The average Bonchev–Trinajstić information content (AvgIpc) is 2.40. The molecule has 1 heteroatoms. The summed E-state index contributed by atoms with van der Waals surface area (Å²) in [7, 11) is 0. The Kier molecular flexibility index (Phi) is 1.71. The predicted molar refractivity (Wildman–Crippen MR) is 45.5 cm³/mol. The van der Waals surface area contributed by atoms with E-state index in [1.54, 1.807) is 0 Å². The average molecular weight is 154 g/mol. The third-order valence-corrected chi connectivity index (χ3v) is 3.79. The molecule has 1 saturated carbocycles. The van der Waals surface area contributed by atoms with Gasteiger partial charge in [0, 0.05) is 12.0 Å². The molecule has 2 rings (SSSR count). The summed E-state index contributed by atoms with van der Waals surface area (Å²) in [4.78, 5) is 0. The first-order valence-corrected chi connectivity index (χ1v) is 4.87. The molecule has 0 spiro atoms. The van der Waals surface area contributed by atoms with Crippen LogP contribution in [0.4, 0.5) is 0 Å². The molecule has 0 unspecified atom stereocenters. The molecule has 1 saturated heterocycles. The topological polar surface area (TPSA) is 9.23 Å². The van der Waals surface area contributed by atoms with Crippen LogP contribution in [0.15, 0.2) is 0 Å². The fourth-order valence-electron chi connectivity index (χ4n) is 2.94. The lowest BCUT2D eigenvalue weighted by Gasteiger charge is -2.31. The lowest BCUT2D eigenvalue weighted by atomic mass is 9.73. The van der Waals surface area contributed by atoms with Crippen molar-refractivity contribution in [2.45, 2.75) is 45.6 Å². The van der Waals surface area contributed by atoms with Crippen molar-refractivity contribution >= 4 is 0 Å². The molecule has 2 fully saturated rings. The van der Waals surface area contributed by atoms with E-state index in [9.17, 15) is 0 Å². The van der Waals surface area contributed by atoms with Crippen molar-refractivity contribution in [3.05, 3.63) is 0 Å². The molecule has 1 heterocycles. The molecule has 0 aromatic rings. The van der Waals surface area contributed by atoms with Crippen LogP contribution in [0.25, 0.3) is 0 Å². The number of hydrogen-bond acceptors (Lipinski definition) is 1. The van der Waals surface area contributed by atoms with Gasteiger partial charge in [0.2, 0.25) is 0 Å². The van der Waals surface area contributed by atoms with Gasteiger partial charge in [-0.15, -0.1) is 0 Å². The Balaban J connectivity index is 2.20. The summed E-state index contributed by atoms with van der Waals surface area (Å²) in [5, 5.41) is 0. The second-order valence-electron chi connectivity index (χ2n) is 4.39. The SMILES string of the molecule is CC(C)[C@@]12CCC[C@@H]1OCC2. The molecule has 0 bridgehead atoms. The molecule has 11 heavy (non-hydrogen) atoms. The van der Waals surface area contributed by atoms with Crippen LogP contribution in [0.2, 0.25) is 0 Å². The molecular weight excluding hydrogens is 136 g/mol. The molecule has 2 atom stereocenters. The van der Waals surface area contributed by atoms with Gasteiger partial charge < -0.3 is 4.74 Å². The smallest absolute Gasteiger partial charge is 0.0634 e. The van der Waals surface area contributed by atoms with Gasteiger partial charge in [-0.25, -0.2) is 0 Å². The molecule has 0 amide bonds. The monoisotopic (exact) mass is 154 g/mol. The zero-order valence-electron chi connectivity index (χ0n) is 7.60. The molecule has 64 valence electrons. The standard InChI is InChI=1S/C10H18O/c1-8(2)10-5-3-4-9(10)11-7-6-10/h8-9H,3-7H2,1-2H3/t9-,10-/m0/s1. The summed E-state index contributed by atoms with van der Waals surface area (Å²) in [5.74, 6) is 0.817. The molecule has 2 aliphatic rings. The van der Waals surface area contributed by atoms with Crippen molar-refractivity contribution in [2.24, 2.45) is 11.3 Å². The van der Waals surface area contributed by atoms with Gasteiger partial charge in [-0.1, -0.05) is 20.3 Å². The molecule has 0 N–H and O–H groups in total. The van der Waals surface area contributed by atoms with Gasteiger partial charge in [-0.05, 0) is 25.2 Å². The van der Waals surface area contributed by atoms with Crippen LogP contribution in [0, 0.1) is 11.3 Å². The Bertz CT molecular complexity index is 141. The molecule has 0 aromatic heterocycles. The summed E-state index contributed by atoms with van der Waals surface area (Å²) in [6, 6.07) is 0. The Morgan fingerprint density at radius 3 is 2.82 bits per heavy atom. The number of ether oxygens (including phenoxy) is 1. The maximum absolute atomic E-state index is 5.74. The number of rotatable bonds is 1. The van der Waals surface area contributed by atoms with Gasteiger partial charge in [0.05, 0.1) is 6.10 Å². The van der Waals surface area contributed by atoms with Gasteiger partial charge in [0.25, 0.3) is 0 Å². The van der Waals surface area contributed by atoms with Gasteiger partial charge in [-0.3, -0.25) is 0 Å². The summed E-state index contributed by atoms with van der Waals surface area (Å²) >= 11 is 0. The third kappa shape index (κ3) is 0.936. The molecule has 1 nitrogen and oxygen atoms in total. The summed E-state index contributed by atoms with van der Waals surface area (Å²) in [6.45, 7) is 5.73. The maximum atomic E-state index is 5.74. The van der Waals surface area contributed by atoms with Crippen LogP contribution < -0.4 is 0 Å². The molecular formula is C10H18O. The van der Waals surface area contributed by atoms with Gasteiger partial charge in [0.15, 0.2) is 0 Å². The quantitative estimate of drug-likeness (QED) is 0.564. The van der Waals surface area contributed by atoms with Gasteiger partial charge in [0.1, 0.15) is 0 Å². The van der Waals surface area contributed by atoms with E-state index in [1.807, 2.05) is 0 Å². The fourth-order valence-corrected chi connectivity index (χ4v) is 2.94. The first-order valence-electron chi connectivity index (χ1n) is 4.87. The van der Waals surface area contributed by atoms with Crippen LogP contribution in [0.5, 0.6) is 0 Å². The Morgan fingerprint density at radius 1 is 1.36 bits per heavy atom. The van der Waals surface area contributed by atoms with Crippen molar-refractivity contribution in [3.8, 4) is 0 Å². The molecule has 1 aliphatic heterocycles. The number of hydrogen-bond donors (Lipinski definition) is 0. The van der Waals surface area contributed by atoms with Crippen LogP contribution >= 0.6 is 0 Å². The zero-order chi connectivity index (χ0) is 7.90. The highest BCUT2D eigenvalue weighted by atomic mass is 16.5. The maximum Gasteiger partial charge on any atom is 0.0634 e. The first kappa shape index (κ1) is 7.60. The van der Waals surface area contributed by atoms with E-state index in [2.05, 4.69) is 13.8 Å². The van der Waals surface area contributed by atoms with E-state index in [0.29, 0.717) is 11.5 Å². The highest BCUT2D eigenvalue weighted by Crippen LogP contribution is 2.51. The lowest BCUT2D eigenvalue weighted by molar-refractivity contribution is 0.0483. The summed E-state index contributed by atoms with van der Waals surface area (Å²) in [5.41, 5.74) is 0.583. The van der Waals surface area contributed by atoms with E-state index in [4.69, 9.17) is 4.74 Å². The Hall–Kier alpha value is -0.0400. The predicted octanol–water partition coefficient (Wildman–Crippen LogP) is 2.60. The minimum atomic E-state index is 0.583. The minimum absolute atomic E-state index is 0.583. The summed E-state index contributed by atoms with van der Waals surface area (Å²) in [6.07, 6.45) is 6.05. The van der Waals surface area contributed by atoms with E-state index >= 15 is 0 Å². The summed E-state index contributed by atoms with van der Waals surface area (Å²) < 4.78 is 5.74. The van der Waals surface area contributed by atoms with Crippen molar-refractivity contribution in [2.75, 3.05) is 6.61 Å². The number of fused-ring (bicyclic) bond motifs is 1. The largest absolute Gasteiger partial charge is 0.378 e. The molecule has 0 aromatic carbocycles. The lowest BCUT2D eigenvalue weighted by Crippen LogP contribution is -2.30. The Morgan fingerprint density at radius 2 is 2.18 bits per heavy atom. The van der Waals surface area contributed by atoms with Crippen molar-refractivity contribution in [3.63, 3.8) is 0 Å². The van der Waals surface area contributed by atoms with Crippen LogP contribution in [0.3, 0.4) is 0 Å². The minimum Gasteiger partial charge on any atom is -0.378 e. The van der Waals surface area contributed by atoms with Crippen molar-refractivity contribution < 1.29 is 4.74 Å². The molecule has 0 radical (unpaired) electrons. The normalized spacial score (nSPS) is 43.4. The zero-order valence-corrected chi connectivity index (χ0v) is 7.60. The van der Waals surface area contributed by atoms with Crippen molar-refractivity contribution in [1.82, 2.24) is 0 Å². The van der Waals surface area contributed by atoms with Gasteiger partial charge >= 0.3 is 0 Å². The molecule has 1 aliphatic carbocycles. The second-order valence-corrected chi connectivity index (χ2v) is 4.39.